The van der Waals surface area contributed by atoms with Gasteiger partial charge in [0.05, 0.1) is 22.8 Å². The number of amides is 2. The van der Waals surface area contributed by atoms with Crippen LogP contribution in [0.1, 0.15) is 28.4 Å². The SMILES string of the molecule is CC(=O)NCc1ccc(C(=O)Nc2ccnn2Cc2cccc(Cl)c2Cl)cc1. The Morgan fingerprint density at radius 1 is 1.07 bits per heavy atom. The molecule has 0 aliphatic heterocycles. The molecule has 0 radical (unpaired) electrons. The summed E-state index contributed by atoms with van der Waals surface area (Å²) in [5.41, 5.74) is 2.21. The lowest BCUT2D eigenvalue weighted by molar-refractivity contribution is -0.119. The molecule has 28 heavy (non-hydrogen) atoms. The first-order chi connectivity index (χ1) is 13.4. The molecule has 0 spiro atoms. The summed E-state index contributed by atoms with van der Waals surface area (Å²) in [5, 5.41) is 10.7. The number of benzene rings is 2. The minimum atomic E-state index is -0.259. The standard InChI is InChI=1S/C20H18Cl2N4O2/c1-13(27)23-11-14-5-7-15(8-6-14)20(28)25-18-9-10-24-26(18)12-16-3-2-4-17(21)19(16)22/h2-10H,11-12H2,1H3,(H,23,27)(H,25,28). The van der Waals surface area contributed by atoms with Gasteiger partial charge in [-0.25, -0.2) is 4.68 Å². The molecule has 0 saturated heterocycles. The fourth-order valence-electron chi connectivity index (χ4n) is 2.59. The molecule has 2 amide bonds. The number of aromatic nitrogens is 2. The van der Waals surface area contributed by atoms with Gasteiger partial charge in [-0.05, 0) is 29.3 Å². The minimum absolute atomic E-state index is 0.102. The van der Waals surface area contributed by atoms with Crippen LogP contribution in [0.5, 0.6) is 0 Å². The fourth-order valence-corrected chi connectivity index (χ4v) is 2.97. The topological polar surface area (TPSA) is 76.0 Å². The number of carbonyl (C=O) groups is 2. The van der Waals surface area contributed by atoms with Crippen molar-refractivity contribution in [1.29, 1.82) is 0 Å². The molecule has 2 N–H and O–H groups in total. The monoisotopic (exact) mass is 416 g/mol. The molecule has 6 nitrogen and oxygen atoms in total. The second-order valence-electron chi connectivity index (χ2n) is 6.15. The van der Waals surface area contributed by atoms with Gasteiger partial charge in [0.1, 0.15) is 5.82 Å². The highest BCUT2D eigenvalue weighted by atomic mass is 35.5. The average molecular weight is 417 g/mol. The number of carbonyl (C=O) groups excluding carboxylic acids is 2. The van der Waals surface area contributed by atoms with Gasteiger partial charge in [-0.3, -0.25) is 9.59 Å². The lowest BCUT2D eigenvalue weighted by Crippen LogP contribution is -2.19. The predicted octanol–water partition coefficient (Wildman–Crippen LogP) is 4.13. The molecule has 144 valence electrons. The Bertz CT molecular complexity index is 1000. The Morgan fingerprint density at radius 3 is 2.54 bits per heavy atom. The van der Waals surface area contributed by atoms with Crippen LogP contribution in [-0.4, -0.2) is 21.6 Å². The van der Waals surface area contributed by atoms with E-state index < -0.39 is 0 Å². The number of anilines is 1. The number of hydrogen-bond acceptors (Lipinski definition) is 3. The second-order valence-corrected chi connectivity index (χ2v) is 6.93. The van der Waals surface area contributed by atoms with E-state index in [2.05, 4.69) is 15.7 Å². The zero-order valence-electron chi connectivity index (χ0n) is 15.1. The van der Waals surface area contributed by atoms with E-state index >= 15 is 0 Å². The summed E-state index contributed by atoms with van der Waals surface area (Å²) in [6.45, 7) is 2.25. The summed E-state index contributed by atoms with van der Waals surface area (Å²) in [6, 6.07) is 14.1. The van der Waals surface area contributed by atoms with E-state index in [4.69, 9.17) is 23.2 Å². The quantitative estimate of drug-likeness (QED) is 0.634. The zero-order valence-corrected chi connectivity index (χ0v) is 16.6. The van der Waals surface area contributed by atoms with Crippen LogP contribution in [0, 0.1) is 0 Å². The van der Waals surface area contributed by atoms with Crippen molar-refractivity contribution in [1.82, 2.24) is 15.1 Å². The van der Waals surface area contributed by atoms with Crippen molar-refractivity contribution in [3.05, 3.63) is 81.5 Å². The van der Waals surface area contributed by atoms with E-state index in [1.807, 2.05) is 12.1 Å². The largest absolute Gasteiger partial charge is 0.352 e. The highest BCUT2D eigenvalue weighted by Gasteiger charge is 2.12. The number of nitrogens with one attached hydrogen (secondary N) is 2. The van der Waals surface area contributed by atoms with Crippen molar-refractivity contribution in [3.8, 4) is 0 Å². The third-order valence-corrected chi connectivity index (χ3v) is 4.93. The maximum absolute atomic E-state index is 12.5. The van der Waals surface area contributed by atoms with Crippen molar-refractivity contribution in [2.24, 2.45) is 0 Å². The summed E-state index contributed by atoms with van der Waals surface area (Å²) in [7, 11) is 0. The lowest BCUT2D eigenvalue weighted by atomic mass is 10.1. The van der Waals surface area contributed by atoms with E-state index in [1.54, 1.807) is 47.3 Å². The molecule has 8 heteroatoms. The molecule has 0 atom stereocenters. The molecule has 1 heterocycles. The summed E-state index contributed by atoms with van der Waals surface area (Å²) < 4.78 is 1.64. The van der Waals surface area contributed by atoms with Crippen molar-refractivity contribution < 1.29 is 9.59 Å². The molecule has 0 aliphatic rings. The van der Waals surface area contributed by atoms with Gasteiger partial charge in [-0.1, -0.05) is 47.5 Å². The van der Waals surface area contributed by atoms with Gasteiger partial charge in [0.2, 0.25) is 5.91 Å². The number of halogens is 2. The number of nitrogens with zero attached hydrogens (tertiary/aromatic N) is 2. The molecule has 0 aliphatic carbocycles. The molecule has 1 aromatic heterocycles. The van der Waals surface area contributed by atoms with Crippen LogP contribution >= 0.6 is 23.2 Å². The van der Waals surface area contributed by atoms with Crippen LogP contribution in [0.3, 0.4) is 0 Å². The highest BCUT2D eigenvalue weighted by molar-refractivity contribution is 6.42. The molecule has 0 unspecified atom stereocenters. The summed E-state index contributed by atoms with van der Waals surface area (Å²) >= 11 is 12.3. The highest BCUT2D eigenvalue weighted by Crippen LogP contribution is 2.26. The molecular weight excluding hydrogens is 399 g/mol. The van der Waals surface area contributed by atoms with Gasteiger partial charge in [0, 0.05) is 25.1 Å². The lowest BCUT2D eigenvalue weighted by Gasteiger charge is -2.11. The van der Waals surface area contributed by atoms with Gasteiger partial charge in [0.25, 0.3) is 5.91 Å². The first-order valence-electron chi connectivity index (χ1n) is 8.53. The minimum Gasteiger partial charge on any atom is -0.352 e. The van der Waals surface area contributed by atoms with Crippen molar-refractivity contribution in [2.75, 3.05) is 5.32 Å². The fraction of sp³-hybridized carbons (Fsp3) is 0.150. The van der Waals surface area contributed by atoms with Crippen LogP contribution in [0.15, 0.2) is 54.7 Å². The van der Waals surface area contributed by atoms with Gasteiger partial charge < -0.3 is 10.6 Å². The van der Waals surface area contributed by atoms with Crippen molar-refractivity contribution >= 4 is 40.8 Å². The van der Waals surface area contributed by atoms with Crippen LogP contribution in [0.2, 0.25) is 10.0 Å². The van der Waals surface area contributed by atoms with Gasteiger partial charge in [-0.15, -0.1) is 0 Å². The molecule has 3 rings (SSSR count). The van der Waals surface area contributed by atoms with E-state index in [1.165, 1.54) is 6.92 Å². The molecular formula is C20H18Cl2N4O2. The Kier molecular flexibility index (Phi) is 6.34. The van der Waals surface area contributed by atoms with E-state index in [0.29, 0.717) is 34.5 Å². The zero-order chi connectivity index (χ0) is 20.1. The van der Waals surface area contributed by atoms with Crippen molar-refractivity contribution in [3.63, 3.8) is 0 Å². The molecule has 0 bridgehead atoms. The van der Waals surface area contributed by atoms with Gasteiger partial charge in [0.15, 0.2) is 0 Å². The smallest absolute Gasteiger partial charge is 0.256 e. The van der Waals surface area contributed by atoms with E-state index in [0.717, 1.165) is 11.1 Å². The Morgan fingerprint density at radius 2 is 1.82 bits per heavy atom. The number of hydrogen-bond donors (Lipinski definition) is 2. The van der Waals surface area contributed by atoms with E-state index in [9.17, 15) is 9.59 Å². The van der Waals surface area contributed by atoms with E-state index in [-0.39, 0.29) is 11.8 Å². The van der Waals surface area contributed by atoms with Crippen LogP contribution in [-0.2, 0) is 17.9 Å². The Labute approximate surface area is 172 Å². The van der Waals surface area contributed by atoms with Crippen LogP contribution < -0.4 is 10.6 Å². The maximum Gasteiger partial charge on any atom is 0.256 e. The second kappa shape index (κ2) is 8.91. The van der Waals surface area contributed by atoms with Gasteiger partial charge in [-0.2, -0.15) is 5.10 Å². The first-order valence-corrected chi connectivity index (χ1v) is 9.29. The van der Waals surface area contributed by atoms with Crippen molar-refractivity contribution in [2.45, 2.75) is 20.0 Å². The Hall–Kier alpha value is -2.83. The normalized spacial score (nSPS) is 10.5. The molecule has 3 aromatic rings. The third kappa shape index (κ3) is 4.91. The summed E-state index contributed by atoms with van der Waals surface area (Å²) in [5.74, 6) is 0.184. The number of rotatable bonds is 6. The predicted molar refractivity (Wildman–Crippen MR) is 110 cm³/mol. The molecule has 2 aromatic carbocycles. The summed E-state index contributed by atoms with van der Waals surface area (Å²) in [6.07, 6.45) is 1.60. The first kappa shape index (κ1) is 19.9. The van der Waals surface area contributed by atoms with Gasteiger partial charge >= 0.3 is 0 Å². The molecule has 0 fully saturated rings. The maximum atomic E-state index is 12.5. The van der Waals surface area contributed by atoms with Crippen LogP contribution in [0.25, 0.3) is 0 Å². The molecule has 0 saturated carbocycles. The third-order valence-electron chi connectivity index (χ3n) is 4.07. The summed E-state index contributed by atoms with van der Waals surface area (Å²) in [4.78, 5) is 23.5. The average Bonchev–Trinajstić information content (AvgIpc) is 3.11. The Balaban J connectivity index is 1.69. The van der Waals surface area contributed by atoms with Crippen LogP contribution in [0.4, 0.5) is 5.82 Å².